The number of nitrogens with one attached hydrogen (secondary N) is 1. The zero-order valence-electron chi connectivity index (χ0n) is 19.0. The van der Waals surface area contributed by atoms with Gasteiger partial charge in [-0.15, -0.1) is 0 Å². The first-order chi connectivity index (χ1) is 16.6. The Morgan fingerprint density at radius 2 is 1.53 bits per heavy atom. The van der Waals surface area contributed by atoms with Crippen LogP contribution >= 0.6 is 0 Å². The van der Waals surface area contributed by atoms with E-state index in [-0.39, 0.29) is 11.4 Å². The van der Waals surface area contributed by atoms with Crippen LogP contribution in [-0.4, -0.2) is 21.6 Å². The third-order valence-corrected chi connectivity index (χ3v) is 8.25. The van der Waals surface area contributed by atoms with Crippen LogP contribution in [0.2, 0.25) is 0 Å². The largest absolute Gasteiger partial charge is 0.355 e. The van der Waals surface area contributed by atoms with Gasteiger partial charge in [0.05, 0.1) is 5.52 Å². The quantitative estimate of drug-likeness (QED) is 0.399. The van der Waals surface area contributed by atoms with Crippen molar-refractivity contribution in [2.75, 3.05) is 0 Å². The number of nitrogens with zero attached hydrogens (tertiary/aromatic N) is 2. The number of hydrogen-bond acceptors (Lipinski definition) is 4. The lowest BCUT2D eigenvalue weighted by Crippen LogP contribution is -2.59. The predicted octanol–water partition coefficient (Wildman–Crippen LogP) is 6.26. The van der Waals surface area contributed by atoms with Gasteiger partial charge in [-0.25, -0.2) is 0 Å². The monoisotopic (exact) mass is 449 g/mol. The Morgan fingerprint density at radius 1 is 0.853 bits per heavy atom. The van der Waals surface area contributed by atoms with E-state index in [0.29, 0.717) is 11.5 Å². The molecule has 8 rings (SSSR count). The fourth-order valence-electron chi connectivity index (χ4n) is 7.14. The van der Waals surface area contributed by atoms with E-state index in [4.69, 9.17) is 4.52 Å². The lowest BCUT2D eigenvalue weighted by atomic mass is 9.53. The number of fused-ring (bicyclic) bond motifs is 1. The average molecular weight is 450 g/mol. The first-order valence-electron chi connectivity index (χ1n) is 12.4. The molecule has 0 saturated heterocycles. The fourth-order valence-corrected chi connectivity index (χ4v) is 7.14. The molecule has 4 aliphatic rings. The lowest BCUT2D eigenvalue weighted by Gasteiger charge is -2.56. The van der Waals surface area contributed by atoms with E-state index >= 15 is 0 Å². The number of benzene rings is 2. The number of carbonyl (C=O) groups is 1. The number of para-hydroxylation sites is 1. The van der Waals surface area contributed by atoms with Gasteiger partial charge in [0.2, 0.25) is 0 Å². The summed E-state index contributed by atoms with van der Waals surface area (Å²) in [4.78, 5) is 17.6. The first kappa shape index (κ1) is 20.0. The summed E-state index contributed by atoms with van der Waals surface area (Å²) < 4.78 is 5.57. The molecule has 1 N–H and O–H groups in total. The van der Waals surface area contributed by atoms with Gasteiger partial charge in [0.25, 0.3) is 5.91 Å². The van der Waals surface area contributed by atoms with Gasteiger partial charge in [-0.05, 0) is 74.0 Å². The Morgan fingerprint density at radius 3 is 2.26 bits per heavy atom. The molecule has 2 aromatic heterocycles. The number of hydrogen-bond donors (Lipinski definition) is 1. The van der Waals surface area contributed by atoms with Crippen molar-refractivity contribution in [1.82, 2.24) is 15.5 Å². The second kappa shape index (κ2) is 7.52. The highest BCUT2D eigenvalue weighted by Crippen LogP contribution is 2.55. The van der Waals surface area contributed by atoms with Crippen LogP contribution in [0.15, 0.2) is 71.4 Å². The molecule has 2 aromatic carbocycles. The molecule has 0 spiro atoms. The highest BCUT2D eigenvalue weighted by atomic mass is 16.5. The van der Waals surface area contributed by atoms with E-state index in [1.54, 1.807) is 6.07 Å². The van der Waals surface area contributed by atoms with Crippen LogP contribution in [-0.2, 0) is 0 Å². The predicted molar refractivity (Wildman–Crippen MR) is 131 cm³/mol. The molecule has 4 saturated carbocycles. The van der Waals surface area contributed by atoms with Crippen LogP contribution in [0.5, 0.6) is 0 Å². The molecule has 0 atom stereocenters. The Balaban J connectivity index is 1.09. The minimum atomic E-state index is -0.101. The van der Waals surface area contributed by atoms with Gasteiger partial charge in [0.1, 0.15) is 0 Å². The topological polar surface area (TPSA) is 68.0 Å². The number of pyridine rings is 1. The standard InChI is InChI=1S/C29H27N3O2/c33-28(31-29-14-18-9-19(15-29)11-20(10-18)16-29)26-13-27(34-32-26)22-7-5-21(6-8-22)24-12-23-3-1-2-4-25(23)30-17-24/h1-8,12-13,17-20H,9-11,14-16H2,(H,31,33). The molecule has 4 fully saturated rings. The third kappa shape index (κ3) is 3.42. The summed E-state index contributed by atoms with van der Waals surface area (Å²) >= 11 is 0. The summed E-state index contributed by atoms with van der Waals surface area (Å²) in [7, 11) is 0. The van der Waals surface area contributed by atoms with Crippen LogP contribution < -0.4 is 5.32 Å². The maximum atomic E-state index is 13.1. The van der Waals surface area contributed by atoms with Gasteiger partial charge >= 0.3 is 0 Å². The summed E-state index contributed by atoms with van der Waals surface area (Å²) in [6, 6.07) is 20.2. The van der Waals surface area contributed by atoms with E-state index in [9.17, 15) is 4.79 Å². The van der Waals surface area contributed by atoms with Crippen molar-refractivity contribution >= 4 is 16.8 Å². The third-order valence-electron chi connectivity index (χ3n) is 8.25. The van der Waals surface area contributed by atoms with E-state index < -0.39 is 0 Å². The van der Waals surface area contributed by atoms with Crippen LogP contribution in [0.3, 0.4) is 0 Å². The fraction of sp³-hybridized carbons (Fsp3) is 0.345. The molecule has 0 aliphatic heterocycles. The SMILES string of the molecule is O=C(NC12CC3CC(CC(C3)C1)C2)c1cc(-c2ccc(-c3cnc4ccccc4c3)cc2)on1. The number of rotatable bonds is 4. The Hall–Kier alpha value is -3.47. The normalized spacial score (nSPS) is 27.2. The van der Waals surface area contributed by atoms with Crippen molar-refractivity contribution in [3.8, 4) is 22.5 Å². The minimum absolute atomic E-state index is 0.0273. The maximum Gasteiger partial charge on any atom is 0.273 e. The molecule has 1 amide bonds. The van der Waals surface area contributed by atoms with E-state index in [2.05, 4.69) is 39.7 Å². The number of aromatic nitrogens is 2. The zero-order valence-corrected chi connectivity index (χ0v) is 19.0. The van der Waals surface area contributed by atoms with Crippen LogP contribution in [0.4, 0.5) is 0 Å². The molecule has 170 valence electrons. The van der Waals surface area contributed by atoms with E-state index in [1.807, 2.05) is 36.5 Å². The molecule has 0 radical (unpaired) electrons. The molecular weight excluding hydrogens is 422 g/mol. The molecule has 4 aliphatic carbocycles. The van der Waals surface area contributed by atoms with Crippen molar-refractivity contribution in [3.05, 3.63) is 72.6 Å². The van der Waals surface area contributed by atoms with E-state index in [1.165, 1.54) is 19.3 Å². The first-order valence-corrected chi connectivity index (χ1v) is 12.4. The molecule has 2 heterocycles. The van der Waals surface area contributed by atoms with Gasteiger partial charge < -0.3 is 9.84 Å². The molecule has 4 bridgehead atoms. The zero-order chi connectivity index (χ0) is 22.7. The number of carbonyl (C=O) groups excluding carboxylic acids is 1. The molecule has 5 heteroatoms. The Bertz CT molecular complexity index is 1350. The molecule has 0 unspecified atom stereocenters. The molecule has 4 aromatic rings. The molecular formula is C29H27N3O2. The van der Waals surface area contributed by atoms with E-state index in [0.717, 1.165) is 64.6 Å². The molecule has 34 heavy (non-hydrogen) atoms. The van der Waals surface area contributed by atoms with Crippen molar-refractivity contribution < 1.29 is 9.32 Å². The van der Waals surface area contributed by atoms with Gasteiger partial charge in [0, 0.05) is 34.3 Å². The maximum absolute atomic E-state index is 13.1. The van der Waals surface area contributed by atoms with Crippen molar-refractivity contribution in [2.24, 2.45) is 17.8 Å². The van der Waals surface area contributed by atoms with Gasteiger partial charge in [-0.2, -0.15) is 0 Å². The van der Waals surface area contributed by atoms with Crippen LogP contribution in [0.25, 0.3) is 33.4 Å². The van der Waals surface area contributed by atoms with Crippen LogP contribution in [0.1, 0.15) is 49.0 Å². The van der Waals surface area contributed by atoms with Gasteiger partial charge in [0.15, 0.2) is 11.5 Å². The summed E-state index contributed by atoms with van der Waals surface area (Å²) in [6.45, 7) is 0. The van der Waals surface area contributed by atoms with Crippen LogP contribution in [0, 0.1) is 17.8 Å². The Kier molecular flexibility index (Phi) is 4.41. The van der Waals surface area contributed by atoms with Gasteiger partial charge in [-0.1, -0.05) is 47.6 Å². The Labute approximate surface area is 198 Å². The van der Waals surface area contributed by atoms with Crippen molar-refractivity contribution in [3.63, 3.8) is 0 Å². The average Bonchev–Trinajstić information content (AvgIpc) is 3.33. The minimum Gasteiger partial charge on any atom is -0.355 e. The number of amides is 1. The smallest absolute Gasteiger partial charge is 0.273 e. The summed E-state index contributed by atoms with van der Waals surface area (Å²) in [5.41, 5.74) is 4.39. The second-order valence-electron chi connectivity index (χ2n) is 10.7. The summed E-state index contributed by atoms with van der Waals surface area (Å²) in [5, 5.41) is 8.61. The highest BCUT2D eigenvalue weighted by molar-refractivity contribution is 5.93. The summed E-state index contributed by atoms with van der Waals surface area (Å²) in [5.74, 6) is 2.87. The second-order valence-corrected chi connectivity index (χ2v) is 10.7. The van der Waals surface area contributed by atoms with Gasteiger partial charge in [-0.3, -0.25) is 9.78 Å². The lowest BCUT2D eigenvalue weighted by molar-refractivity contribution is -0.0168. The van der Waals surface area contributed by atoms with Crippen molar-refractivity contribution in [1.29, 1.82) is 0 Å². The highest BCUT2D eigenvalue weighted by Gasteiger charge is 2.51. The molecule has 5 nitrogen and oxygen atoms in total. The van der Waals surface area contributed by atoms with Crippen molar-refractivity contribution in [2.45, 2.75) is 44.1 Å². The summed E-state index contributed by atoms with van der Waals surface area (Å²) in [6.07, 6.45) is 9.35.